The first kappa shape index (κ1) is 18.8. The highest BCUT2D eigenvalue weighted by Crippen LogP contribution is 2.29. The van der Waals surface area contributed by atoms with Crippen LogP contribution in [0.4, 0.5) is 5.69 Å². The van der Waals surface area contributed by atoms with Crippen molar-refractivity contribution in [3.8, 4) is 0 Å². The number of hydrogen-bond acceptors (Lipinski definition) is 5. The first-order chi connectivity index (χ1) is 12.5. The van der Waals surface area contributed by atoms with Gasteiger partial charge in [-0.15, -0.1) is 5.10 Å². The Labute approximate surface area is 157 Å². The molecule has 1 aromatic carbocycles. The minimum absolute atomic E-state index is 0.288. The second-order valence-electron chi connectivity index (χ2n) is 7.69. The highest BCUT2D eigenvalue weighted by molar-refractivity contribution is 5.55. The van der Waals surface area contributed by atoms with Crippen molar-refractivity contribution in [3.05, 3.63) is 35.2 Å². The number of anilines is 1. The van der Waals surface area contributed by atoms with Gasteiger partial charge in [0.25, 0.3) is 0 Å². The third kappa shape index (κ3) is 3.90. The van der Waals surface area contributed by atoms with Gasteiger partial charge in [0.1, 0.15) is 0 Å². The largest absolute Gasteiger partial charge is 0.369 e. The van der Waals surface area contributed by atoms with Crippen LogP contribution in [0.3, 0.4) is 0 Å². The third-order valence-corrected chi connectivity index (χ3v) is 5.33. The molecule has 26 heavy (non-hydrogen) atoms. The molecule has 0 aliphatic carbocycles. The first-order valence-corrected chi connectivity index (χ1v) is 9.85. The van der Waals surface area contributed by atoms with Gasteiger partial charge in [-0.25, -0.2) is 4.68 Å². The molecule has 2 aromatic rings. The van der Waals surface area contributed by atoms with Crippen LogP contribution in [0.1, 0.15) is 62.6 Å². The second-order valence-corrected chi connectivity index (χ2v) is 7.69. The van der Waals surface area contributed by atoms with Crippen LogP contribution in [0, 0.1) is 13.8 Å². The molecule has 0 saturated carbocycles. The van der Waals surface area contributed by atoms with Crippen LogP contribution in [0.15, 0.2) is 18.2 Å². The first-order valence-electron chi connectivity index (χ1n) is 9.85. The Bertz CT molecular complexity index is 715. The Kier molecular flexibility index (Phi) is 5.91. The molecule has 1 atom stereocenters. The minimum Gasteiger partial charge on any atom is -0.369 e. The Morgan fingerprint density at radius 1 is 1.08 bits per heavy atom. The molecule has 3 rings (SSSR count). The molecule has 0 spiro atoms. The molecule has 1 unspecified atom stereocenters. The van der Waals surface area contributed by atoms with Gasteiger partial charge in [-0.1, -0.05) is 25.5 Å². The average molecular weight is 357 g/mol. The third-order valence-electron chi connectivity index (χ3n) is 5.33. The van der Waals surface area contributed by atoms with Crippen molar-refractivity contribution in [2.75, 3.05) is 31.1 Å². The van der Waals surface area contributed by atoms with E-state index in [0.717, 1.165) is 44.8 Å². The van der Waals surface area contributed by atoms with Crippen molar-refractivity contribution in [1.29, 1.82) is 0 Å². The van der Waals surface area contributed by atoms with Gasteiger partial charge in [0.15, 0.2) is 5.82 Å². The van der Waals surface area contributed by atoms with Gasteiger partial charge in [0.2, 0.25) is 0 Å². The van der Waals surface area contributed by atoms with Gasteiger partial charge in [0, 0.05) is 31.9 Å². The fourth-order valence-corrected chi connectivity index (χ4v) is 3.87. The summed E-state index contributed by atoms with van der Waals surface area (Å²) in [6, 6.07) is 7.33. The van der Waals surface area contributed by atoms with Crippen LogP contribution in [0.5, 0.6) is 0 Å². The lowest BCUT2D eigenvalue weighted by atomic mass is 10.1. The van der Waals surface area contributed by atoms with Crippen molar-refractivity contribution in [3.63, 3.8) is 0 Å². The zero-order valence-corrected chi connectivity index (χ0v) is 16.8. The summed E-state index contributed by atoms with van der Waals surface area (Å²) in [7, 11) is 0. The molecule has 1 aromatic heterocycles. The summed E-state index contributed by atoms with van der Waals surface area (Å²) in [4.78, 5) is 5.09. The van der Waals surface area contributed by atoms with Crippen LogP contribution >= 0.6 is 0 Å². The lowest BCUT2D eigenvalue weighted by Crippen LogP contribution is -2.48. The molecule has 6 heteroatoms. The lowest BCUT2D eigenvalue weighted by molar-refractivity contribution is 0.162. The van der Waals surface area contributed by atoms with Gasteiger partial charge < -0.3 is 4.90 Å². The molecular weight excluding hydrogens is 324 g/mol. The molecule has 1 aliphatic rings. The second kappa shape index (κ2) is 8.16. The Hall–Kier alpha value is -1.95. The van der Waals surface area contributed by atoms with E-state index < -0.39 is 0 Å². The summed E-state index contributed by atoms with van der Waals surface area (Å²) in [5.41, 5.74) is 4.06. The Morgan fingerprint density at radius 3 is 2.46 bits per heavy atom. The molecule has 1 fully saturated rings. The van der Waals surface area contributed by atoms with Crippen molar-refractivity contribution < 1.29 is 0 Å². The molecule has 0 N–H and O–H groups in total. The monoisotopic (exact) mass is 356 g/mol. The summed E-state index contributed by atoms with van der Waals surface area (Å²) in [5, 5.41) is 12.5. The zero-order chi connectivity index (χ0) is 18.7. The van der Waals surface area contributed by atoms with Gasteiger partial charge in [-0.05, 0) is 61.7 Å². The number of tetrazole rings is 1. The van der Waals surface area contributed by atoms with Gasteiger partial charge in [-0.3, -0.25) is 4.90 Å². The highest BCUT2D eigenvalue weighted by atomic mass is 15.6. The van der Waals surface area contributed by atoms with Crippen LogP contribution < -0.4 is 4.90 Å². The van der Waals surface area contributed by atoms with Gasteiger partial charge in [0.05, 0.1) is 12.1 Å². The van der Waals surface area contributed by atoms with Crippen molar-refractivity contribution in [2.45, 2.75) is 59.5 Å². The normalized spacial score (nSPS) is 17.1. The standard InChI is InChI=1S/C20H32N6/c1-6-7-18(20-21-22-23-26(20)15(2)3)24-10-12-25(13-11-24)19-14-16(4)8-9-17(19)5/h8-9,14-15,18H,6-7,10-13H2,1-5H3. The predicted molar refractivity (Wildman–Crippen MR) is 106 cm³/mol. The van der Waals surface area contributed by atoms with E-state index in [-0.39, 0.29) is 6.04 Å². The fraction of sp³-hybridized carbons (Fsp3) is 0.650. The van der Waals surface area contributed by atoms with Crippen LogP contribution in [-0.2, 0) is 0 Å². The molecule has 1 saturated heterocycles. The van der Waals surface area contributed by atoms with E-state index in [4.69, 9.17) is 0 Å². The highest BCUT2D eigenvalue weighted by Gasteiger charge is 2.29. The number of aryl methyl sites for hydroxylation is 2. The van der Waals surface area contributed by atoms with E-state index in [0.29, 0.717) is 6.04 Å². The van der Waals surface area contributed by atoms with E-state index in [1.807, 2.05) is 4.68 Å². The van der Waals surface area contributed by atoms with Crippen molar-refractivity contribution in [1.82, 2.24) is 25.1 Å². The molecule has 6 nitrogen and oxygen atoms in total. The molecule has 142 valence electrons. The van der Waals surface area contributed by atoms with E-state index in [9.17, 15) is 0 Å². The summed E-state index contributed by atoms with van der Waals surface area (Å²) >= 11 is 0. The SMILES string of the molecule is CCCC(c1nnnn1C(C)C)N1CCN(c2cc(C)ccc2C)CC1. The molecular formula is C20H32N6. The topological polar surface area (TPSA) is 50.1 Å². The maximum atomic E-state index is 4.38. The van der Waals surface area contributed by atoms with Crippen LogP contribution in [0.2, 0.25) is 0 Å². The number of nitrogens with zero attached hydrogens (tertiary/aromatic N) is 6. The van der Waals surface area contributed by atoms with Crippen molar-refractivity contribution in [2.24, 2.45) is 0 Å². The lowest BCUT2D eigenvalue weighted by Gasteiger charge is -2.40. The molecule has 0 amide bonds. The Balaban J connectivity index is 1.74. The summed E-state index contributed by atoms with van der Waals surface area (Å²) in [5.74, 6) is 1.02. The van der Waals surface area contributed by atoms with Crippen LogP contribution in [0.25, 0.3) is 0 Å². The maximum Gasteiger partial charge on any atom is 0.168 e. The van der Waals surface area contributed by atoms with Crippen LogP contribution in [-0.4, -0.2) is 51.3 Å². The summed E-state index contributed by atoms with van der Waals surface area (Å²) in [6.07, 6.45) is 2.23. The number of hydrogen-bond donors (Lipinski definition) is 0. The molecule has 2 heterocycles. The molecule has 0 radical (unpaired) electrons. The number of rotatable bonds is 6. The summed E-state index contributed by atoms with van der Waals surface area (Å²) < 4.78 is 1.98. The summed E-state index contributed by atoms with van der Waals surface area (Å²) in [6.45, 7) is 15.1. The quantitative estimate of drug-likeness (QED) is 0.792. The smallest absolute Gasteiger partial charge is 0.168 e. The Morgan fingerprint density at radius 2 is 1.81 bits per heavy atom. The van der Waals surface area contributed by atoms with E-state index in [1.54, 1.807) is 0 Å². The van der Waals surface area contributed by atoms with Crippen molar-refractivity contribution >= 4 is 5.69 Å². The average Bonchev–Trinajstić information content (AvgIpc) is 3.12. The number of aromatic nitrogens is 4. The van der Waals surface area contributed by atoms with E-state index in [2.05, 4.69) is 78.1 Å². The maximum absolute atomic E-state index is 4.38. The minimum atomic E-state index is 0.288. The van der Waals surface area contributed by atoms with Gasteiger partial charge in [-0.2, -0.15) is 0 Å². The number of piperazine rings is 1. The number of benzene rings is 1. The van der Waals surface area contributed by atoms with E-state index in [1.165, 1.54) is 16.8 Å². The van der Waals surface area contributed by atoms with E-state index >= 15 is 0 Å². The fourth-order valence-electron chi connectivity index (χ4n) is 3.87. The predicted octanol–water partition coefficient (Wildman–Crippen LogP) is 3.53. The van der Waals surface area contributed by atoms with Gasteiger partial charge >= 0.3 is 0 Å². The zero-order valence-electron chi connectivity index (χ0n) is 16.8. The molecule has 0 bridgehead atoms. The molecule has 1 aliphatic heterocycles.